The third-order valence-corrected chi connectivity index (χ3v) is 9.64. The zero-order valence-corrected chi connectivity index (χ0v) is 21.9. The lowest BCUT2D eigenvalue weighted by atomic mass is 9.45. The van der Waals surface area contributed by atoms with E-state index in [1.807, 2.05) is 13.8 Å². The van der Waals surface area contributed by atoms with Crippen molar-refractivity contribution in [3.05, 3.63) is 39.3 Å². The highest BCUT2D eigenvalue weighted by atomic mass is 16.6. The number of aryl methyl sites for hydroxylation is 1. The van der Waals surface area contributed by atoms with Gasteiger partial charge in [0, 0.05) is 5.56 Å². The van der Waals surface area contributed by atoms with E-state index >= 15 is 0 Å². The lowest BCUT2D eigenvalue weighted by molar-refractivity contribution is -0.149. The highest BCUT2D eigenvalue weighted by molar-refractivity contribution is 5.33. The molecule has 190 valence electrons. The molecule has 3 aliphatic rings. The minimum atomic E-state index is -0.618. The van der Waals surface area contributed by atoms with E-state index in [1.165, 1.54) is 7.11 Å². The van der Waals surface area contributed by atoms with Crippen LogP contribution in [0.2, 0.25) is 0 Å². The number of ether oxygens (including phenoxy) is 2. The summed E-state index contributed by atoms with van der Waals surface area (Å²) in [4.78, 5) is 13.2. The van der Waals surface area contributed by atoms with Gasteiger partial charge in [0.1, 0.15) is 11.9 Å². The lowest BCUT2D eigenvalue weighted by Crippen LogP contribution is -2.57. The minimum Gasteiger partial charge on any atom is -0.468 e. The number of rotatable bonds is 6. The van der Waals surface area contributed by atoms with Gasteiger partial charge in [-0.3, -0.25) is 4.79 Å². The van der Waals surface area contributed by atoms with E-state index in [4.69, 9.17) is 13.9 Å². The van der Waals surface area contributed by atoms with E-state index in [9.17, 15) is 15.0 Å². The molecule has 2 N–H and O–H groups in total. The Kier molecular flexibility index (Phi) is 6.36. The average Bonchev–Trinajstić information content (AvgIpc) is 3.41. The summed E-state index contributed by atoms with van der Waals surface area (Å²) in [5, 5.41) is 22.3. The largest absolute Gasteiger partial charge is 0.468 e. The highest BCUT2D eigenvalue weighted by Crippen LogP contribution is 2.63. The number of aliphatic hydroxyl groups excluding tert-OH is 2. The predicted molar refractivity (Wildman–Crippen MR) is 131 cm³/mol. The molecule has 1 saturated heterocycles. The van der Waals surface area contributed by atoms with Gasteiger partial charge in [-0.1, -0.05) is 26.0 Å². The van der Waals surface area contributed by atoms with Gasteiger partial charge in [0.05, 0.1) is 30.5 Å². The summed E-state index contributed by atoms with van der Waals surface area (Å²) in [5.41, 5.74) is 1.36. The average molecular weight is 475 g/mol. The number of aliphatic hydroxyl groups is 2. The monoisotopic (exact) mass is 474 g/mol. The first-order valence-corrected chi connectivity index (χ1v) is 12.6. The molecule has 0 spiro atoms. The molecule has 6 nitrogen and oxygen atoms in total. The summed E-state index contributed by atoms with van der Waals surface area (Å²) < 4.78 is 17.0. The number of epoxide rings is 1. The predicted octanol–water partition coefficient (Wildman–Crippen LogP) is 4.49. The fourth-order valence-corrected chi connectivity index (χ4v) is 7.33. The molecular weight excluding hydrogens is 432 g/mol. The molecule has 0 bridgehead atoms. The molecular formula is C28H42O6. The van der Waals surface area contributed by atoms with Crippen LogP contribution in [-0.2, 0) is 11.2 Å². The topological polar surface area (TPSA) is 92.4 Å². The SMILES string of the molecule is C=C1CC[C@H]2[C@](C)(C[C@@H](O)[C@@H]3OC3(C)C)[C@H](O)CC[C@]2(C)[C@@H]1Cc1c(OC)oc(C)c(C)c1=O. The van der Waals surface area contributed by atoms with Crippen LogP contribution in [0.25, 0.3) is 0 Å². The van der Waals surface area contributed by atoms with Gasteiger partial charge >= 0.3 is 0 Å². The van der Waals surface area contributed by atoms with Crippen molar-refractivity contribution in [3.8, 4) is 5.95 Å². The molecule has 2 heterocycles. The lowest BCUT2D eigenvalue weighted by Gasteiger charge is -2.60. The van der Waals surface area contributed by atoms with Gasteiger partial charge in [0.25, 0.3) is 5.95 Å². The fraction of sp³-hybridized carbons (Fsp3) is 0.750. The zero-order chi connectivity index (χ0) is 25.2. The highest BCUT2D eigenvalue weighted by Gasteiger charge is 2.60. The van der Waals surface area contributed by atoms with Gasteiger partial charge in [-0.25, -0.2) is 0 Å². The number of hydrogen-bond donors (Lipinski definition) is 2. The molecule has 0 radical (unpaired) electrons. The molecule has 0 aromatic carbocycles. The van der Waals surface area contributed by atoms with Crippen molar-refractivity contribution in [2.24, 2.45) is 22.7 Å². The molecule has 6 heteroatoms. The van der Waals surface area contributed by atoms with Crippen molar-refractivity contribution in [1.82, 2.24) is 0 Å². The zero-order valence-electron chi connectivity index (χ0n) is 21.9. The summed E-state index contributed by atoms with van der Waals surface area (Å²) in [6, 6.07) is 0. The molecule has 2 aliphatic carbocycles. The Hall–Kier alpha value is -1.63. The number of allylic oxidation sites excluding steroid dienone is 1. The van der Waals surface area contributed by atoms with Gasteiger partial charge in [0.2, 0.25) is 0 Å². The van der Waals surface area contributed by atoms with Crippen LogP contribution in [0.1, 0.15) is 76.7 Å². The van der Waals surface area contributed by atoms with Crippen LogP contribution in [0, 0.1) is 36.5 Å². The van der Waals surface area contributed by atoms with Crippen LogP contribution in [-0.4, -0.2) is 41.2 Å². The minimum absolute atomic E-state index is 0.0266. The Morgan fingerprint density at radius 1 is 1.21 bits per heavy atom. The Bertz CT molecular complexity index is 1020. The molecule has 1 aliphatic heterocycles. The van der Waals surface area contributed by atoms with Crippen LogP contribution in [0.5, 0.6) is 5.95 Å². The number of fused-ring (bicyclic) bond motifs is 1. The van der Waals surface area contributed by atoms with Gasteiger partial charge in [-0.2, -0.15) is 0 Å². The molecule has 1 aromatic rings. The molecule has 34 heavy (non-hydrogen) atoms. The van der Waals surface area contributed by atoms with E-state index in [1.54, 1.807) is 13.8 Å². The first kappa shape index (κ1) is 25.5. The van der Waals surface area contributed by atoms with Crippen molar-refractivity contribution in [2.75, 3.05) is 7.11 Å². The Balaban J connectivity index is 1.69. The fourth-order valence-electron chi connectivity index (χ4n) is 7.33. The van der Waals surface area contributed by atoms with Crippen LogP contribution in [0.4, 0.5) is 0 Å². The van der Waals surface area contributed by atoms with Gasteiger partial charge in [0.15, 0.2) is 5.43 Å². The van der Waals surface area contributed by atoms with E-state index in [-0.39, 0.29) is 40.3 Å². The Labute approximate surface area is 203 Å². The second-order valence-electron chi connectivity index (χ2n) is 12.1. The standard InChI is InChI=1S/C28H42O6/c1-15-9-10-21-27(6,19(15)13-18-23(31)16(2)17(3)33-25(18)32-8)12-11-22(30)28(21,7)14-20(29)24-26(4,5)34-24/h19-22,24,29-30H,1,9-14H2,2-8H3/t19-,20-,21-,22-,24+,27-,28+/m1/s1. The van der Waals surface area contributed by atoms with Crippen LogP contribution >= 0.6 is 0 Å². The molecule has 7 atom stereocenters. The summed E-state index contributed by atoms with van der Waals surface area (Å²) in [7, 11) is 1.54. The maximum absolute atomic E-state index is 13.2. The van der Waals surface area contributed by atoms with Crippen LogP contribution < -0.4 is 10.2 Å². The van der Waals surface area contributed by atoms with Gasteiger partial charge < -0.3 is 24.1 Å². The van der Waals surface area contributed by atoms with Crippen molar-refractivity contribution in [3.63, 3.8) is 0 Å². The molecule has 1 aromatic heterocycles. The van der Waals surface area contributed by atoms with Gasteiger partial charge in [-0.05, 0) is 88.9 Å². The van der Waals surface area contributed by atoms with Crippen molar-refractivity contribution in [2.45, 2.75) is 104 Å². The summed E-state index contributed by atoms with van der Waals surface area (Å²) in [5.74, 6) is 1.10. The maximum atomic E-state index is 13.2. The molecule has 0 unspecified atom stereocenters. The summed E-state index contributed by atoms with van der Waals surface area (Å²) in [6.07, 6.45) is 2.97. The van der Waals surface area contributed by atoms with Crippen LogP contribution in [0.15, 0.2) is 21.4 Å². The first-order valence-electron chi connectivity index (χ1n) is 12.6. The van der Waals surface area contributed by atoms with E-state index in [0.29, 0.717) is 36.1 Å². The van der Waals surface area contributed by atoms with E-state index in [0.717, 1.165) is 24.8 Å². The number of hydrogen-bond acceptors (Lipinski definition) is 6. The smallest absolute Gasteiger partial charge is 0.291 e. The normalized spacial score (nSPS) is 37.7. The molecule has 4 rings (SSSR count). The molecule has 3 fully saturated rings. The quantitative estimate of drug-likeness (QED) is 0.466. The first-order chi connectivity index (χ1) is 15.8. The summed E-state index contributed by atoms with van der Waals surface area (Å²) >= 11 is 0. The van der Waals surface area contributed by atoms with Crippen molar-refractivity contribution >= 4 is 0 Å². The number of methoxy groups -OCH3 is 1. The second kappa shape index (κ2) is 8.49. The Morgan fingerprint density at radius 2 is 1.85 bits per heavy atom. The van der Waals surface area contributed by atoms with E-state index < -0.39 is 17.6 Å². The third-order valence-electron chi connectivity index (χ3n) is 9.64. The Morgan fingerprint density at radius 3 is 2.44 bits per heavy atom. The maximum Gasteiger partial charge on any atom is 0.291 e. The summed E-state index contributed by atoms with van der Waals surface area (Å²) in [6.45, 7) is 16.4. The van der Waals surface area contributed by atoms with Gasteiger partial charge in [-0.15, -0.1) is 0 Å². The third kappa shape index (κ3) is 3.96. The molecule has 2 saturated carbocycles. The van der Waals surface area contributed by atoms with Crippen molar-refractivity contribution < 1.29 is 24.1 Å². The molecule has 0 amide bonds. The van der Waals surface area contributed by atoms with Crippen LogP contribution in [0.3, 0.4) is 0 Å². The van der Waals surface area contributed by atoms with Crippen molar-refractivity contribution in [1.29, 1.82) is 0 Å². The second-order valence-corrected chi connectivity index (χ2v) is 12.1. The van der Waals surface area contributed by atoms with E-state index in [2.05, 4.69) is 20.4 Å².